The highest BCUT2D eigenvalue weighted by atomic mass is 35.5. The largest absolute Gasteiger partial charge is 0.269 e. The molecule has 0 N–H and O–H groups in total. The molecule has 0 saturated heterocycles. The van der Waals surface area contributed by atoms with Gasteiger partial charge in [-0.05, 0) is 32.1 Å². The first-order valence-corrected chi connectivity index (χ1v) is 6.64. The highest BCUT2D eigenvalue weighted by Gasteiger charge is 2.03. The Bertz CT molecular complexity index is 273. The van der Waals surface area contributed by atoms with Gasteiger partial charge in [-0.15, -0.1) is 11.6 Å². The van der Waals surface area contributed by atoms with Gasteiger partial charge in [0.1, 0.15) is 0 Å². The van der Waals surface area contributed by atoms with Crippen LogP contribution in [0.25, 0.3) is 0 Å². The Balaban J connectivity index is 2.41. The summed E-state index contributed by atoms with van der Waals surface area (Å²) in [4.78, 5) is 0. The summed E-state index contributed by atoms with van der Waals surface area (Å²) in [6.45, 7) is 5.12. The molecule has 1 aromatic heterocycles. The zero-order valence-corrected chi connectivity index (χ0v) is 10.4. The van der Waals surface area contributed by atoms with E-state index >= 15 is 0 Å². The number of hydrogen-bond acceptors (Lipinski definition) is 2. The van der Waals surface area contributed by atoms with Crippen LogP contribution in [-0.2, 0) is 12.3 Å². The molecule has 0 aliphatic heterocycles. The molecule has 0 aliphatic carbocycles. The van der Waals surface area contributed by atoms with Crippen molar-refractivity contribution in [3.63, 3.8) is 0 Å². The van der Waals surface area contributed by atoms with Gasteiger partial charge in [0, 0.05) is 23.9 Å². The summed E-state index contributed by atoms with van der Waals surface area (Å²) < 4.78 is 2.07. The predicted octanol–water partition coefficient (Wildman–Crippen LogP) is 3.07. The van der Waals surface area contributed by atoms with Crippen molar-refractivity contribution in [2.75, 3.05) is 11.6 Å². The lowest BCUT2D eigenvalue weighted by Gasteiger charge is -2.03. The molecule has 0 atom stereocenters. The van der Waals surface area contributed by atoms with E-state index < -0.39 is 0 Å². The molecule has 2 nitrogen and oxygen atoms in total. The Morgan fingerprint density at radius 3 is 3.00 bits per heavy atom. The Kier molecular flexibility index (Phi) is 5.41. The molecule has 0 radical (unpaired) electrons. The summed E-state index contributed by atoms with van der Waals surface area (Å²) in [7, 11) is 0. The molecule has 0 amide bonds. The van der Waals surface area contributed by atoms with Gasteiger partial charge < -0.3 is 0 Å². The van der Waals surface area contributed by atoms with Crippen molar-refractivity contribution in [1.29, 1.82) is 0 Å². The second-order valence-electron chi connectivity index (χ2n) is 3.19. The van der Waals surface area contributed by atoms with Gasteiger partial charge in [-0.3, -0.25) is 4.68 Å². The van der Waals surface area contributed by atoms with Crippen LogP contribution in [0.15, 0.2) is 6.07 Å². The van der Waals surface area contributed by atoms with E-state index in [0.717, 1.165) is 36.0 Å². The van der Waals surface area contributed by atoms with E-state index in [1.165, 1.54) is 5.69 Å². The van der Waals surface area contributed by atoms with Crippen LogP contribution in [0.2, 0.25) is 0 Å². The summed E-state index contributed by atoms with van der Waals surface area (Å²) in [5.74, 6) is 2.95. The smallest absolute Gasteiger partial charge is 0.0596 e. The van der Waals surface area contributed by atoms with Gasteiger partial charge in [-0.1, -0.05) is 0 Å². The molecule has 4 heteroatoms. The maximum Gasteiger partial charge on any atom is 0.0596 e. The van der Waals surface area contributed by atoms with Crippen LogP contribution in [0, 0.1) is 6.92 Å². The molecule has 1 rings (SSSR count). The molecule has 0 saturated carbocycles. The van der Waals surface area contributed by atoms with Gasteiger partial charge in [0.15, 0.2) is 0 Å². The van der Waals surface area contributed by atoms with Gasteiger partial charge in [0.05, 0.1) is 5.69 Å². The SMILES string of the molecule is CCn1nc(C)cc1CSCCCCl. The van der Waals surface area contributed by atoms with Crippen LogP contribution in [0.1, 0.15) is 24.7 Å². The van der Waals surface area contributed by atoms with Crippen molar-refractivity contribution in [3.05, 3.63) is 17.5 Å². The van der Waals surface area contributed by atoms with Crippen molar-refractivity contribution in [1.82, 2.24) is 9.78 Å². The molecule has 80 valence electrons. The standard InChI is InChI=1S/C10H17ClN2S/c1-3-13-10(7-9(2)12-13)8-14-6-4-5-11/h7H,3-6,8H2,1-2H3. The van der Waals surface area contributed by atoms with Crippen molar-refractivity contribution < 1.29 is 0 Å². The van der Waals surface area contributed by atoms with Crippen LogP contribution in [0.5, 0.6) is 0 Å². The Labute approximate surface area is 95.0 Å². The minimum Gasteiger partial charge on any atom is -0.269 e. The maximum absolute atomic E-state index is 5.62. The number of rotatable bonds is 6. The zero-order chi connectivity index (χ0) is 10.4. The topological polar surface area (TPSA) is 17.8 Å². The van der Waals surface area contributed by atoms with Crippen molar-refractivity contribution >= 4 is 23.4 Å². The van der Waals surface area contributed by atoms with E-state index in [-0.39, 0.29) is 0 Å². The number of alkyl halides is 1. The Hall–Kier alpha value is -0.150. The van der Waals surface area contributed by atoms with E-state index in [4.69, 9.17) is 11.6 Å². The van der Waals surface area contributed by atoms with E-state index in [1.54, 1.807) is 0 Å². The fourth-order valence-electron chi connectivity index (χ4n) is 1.32. The molecule has 0 aliphatic rings. The lowest BCUT2D eigenvalue weighted by atomic mass is 10.4. The molecule has 1 heterocycles. The van der Waals surface area contributed by atoms with Crippen molar-refractivity contribution in [3.8, 4) is 0 Å². The number of hydrogen-bond donors (Lipinski definition) is 0. The van der Waals surface area contributed by atoms with Crippen LogP contribution >= 0.6 is 23.4 Å². The molecule has 0 fully saturated rings. The van der Waals surface area contributed by atoms with Crippen LogP contribution in [-0.4, -0.2) is 21.4 Å². The van der Waals surface area contributed by atoms with Crippen LogP contribution in [0.4, 0.5) is 0 Å². The van der Waals surface area contributed by atoms with Crippen molar-refractivity contribution in [2.45, 2.75) is 32.6 Å². The van der Waals surface area contributed by atoms with Crippen LogP contribution < -0.4 is 0 Å². The van der Waals surface area contributed by atoms with Crippen molar-refractivity contribution in [2.24, 2.45) is 0 Å². The average Bonchev–Trinajstić information content (AvgIpc) is 2.54. The van der Waals surface area contributed by atoms with Crippen LogP contribution in [0.3, 0.4) is 0 Å². The quantitative estimate of drug-likeness (QED) is 0.554. The minimum atomic E-state index is 0.763. The molecular weight excluding hydrogens is 216 g/mol. The Morgan fingerprint density at radius 1 is 1.57 bits per heavy atom. The fraction of sp³-hybridized carbons (Fsp3) is 0.700. The van der Waals surface area contributed by atoms with E-state index in [1.807, 2.05) is 18.7 Å². The number of nitrogens with zero attached hydrogens (tertiary/aromatic N) is 2. The third-order valence-corrected chi connectivity index (χ3v) is 3.30. The fourth-order valence-corrected chi connectivity index (χ4v) is 2.55. The molecule has 14 heavy (non-hydrogen) atoms. The average molecular weight is 233 g/mol. The van der Waals surface area contributed by atoms with Gasteiger partial charge in [-0.2, -0.15) is 16.9 Å². The van der Waals surface area contributed by atoms with Gasteiger partial charge in [0.25, 0.3) is 0 Å². The molecule has 0 unspecified atom stereocenters. The number of aryl methyl sites for hydroxylation is 2. The molecule has 1 aromatic rings. The number of halogens is 1. The van der Waals surface area contributed by atoms with Gasteiger partial charge >= 0.3 is 0 Å². The highest BCUT2D eigenvalue weighted by molar-refractivity contribution is 7.98. The lowest BCUT2D eigenvalue weighted by molar-refractivity contribution is 0.632. The second kappa shape index (κ2) is 6.36. The highest BCUT2D eigenvalue weighted by Crippen LogP contribution is 2.14. The van der Waals surface area contributed by atoms with E-state index in [9.17, 15) is 0 Å². The first-order chi connectivity index (χ1) is 6.77. The lowest BCUT2D eigenvalue weighted by Crippen LogP contribution is -2.01. The predicted molar refractivity (Wildman–Crippen MR) is 64.1 cm³/mol. The third-order valence-electron chi connectivity index (χ3n) is 1.96. The van der Waals surface area contributed by atoms with E-state index in [0.29, 0.717) is 0 Å². The molecule has 0 aromatic carbocycles. The van der Waals surface area contributed by atoms with Gasteiger partial charge in [-0.25, -0.2) is 0 Å². The minimum absolute atomic E-state index is 0.763. The summed E-state index contributed by atoms with van der Waals surface area (Å²) in [6, 6.07) is 2.16. The second-order valence-corrected chi connectivity index (χ2v) is 4.67. The first-order valence-electron chi connectivity index (χ1n) is 4.95. The number of aromatic nitrogens is 2. The monoisotopic (exact) mass is 232 g/mol. The Morgan fingerprint density at radius 2 is 2.36 bits per heavy atom. The first kappa shape index (κ1) is 11.9. The summed E-state index contributed by atoms with van der Waals surface area (Å²) in [5.41, 5.74) is 2.43. The van der Waals surface area contributed by atoms with Gasteiger partial charge in [0.2, 0.25) is 0 Å². The number of thioether (sulfide) groups is 1. The summed E-state index contributed by atoms with van der Waals surface area (Å²) in [6.07, 6.45) is 1.09. The maximum atomic E-state index is 5.62. The summed E-state index contributed by atoms with van der Waals surface area (Å²) >= 11 is 7.54. The molecule has 0 spiro atoms. The normalized spacial score (nSPS) is 10.8. The third kappa shape index (κ3) is 3.54. The van der Waals surface area contributed by atoms with E-state index in [2.05, 4.69) is 22.8 Å². The molecule has 0 bridgehead atoms. The molecular formula is C10H17ClN2S. The summed E-state index contributed by atoms with van der Waals surface area (Å²) in [5, 5.41) is 4.41. The zero-order valence-electron chi connectivity index (χ0n) is 8.79.